The summed E-state index contributed by atoms with van der Waals surface area (Å²) < 4.78 is 0. The van der Waals surface area contributed by atoms with Gasteiger partial charge in [-0.05, 0) is 45.2 Å². The van der Waals surface area contributed by atoms with E-state index in [0.717, 1.165) is 18.0 Å². The van der Waals surface area contributed by atoms with E-state index in [-0.39, 0.29) is 0 Å². The summed E-state index contributed by atoms with van der Waals surface area (Å²) in [5.74, 6) is 0.874. The summed E-state index contributed by atoms with van der Waals surface area (Å²) in [6.07, 6.45) is 7.08. The summed E-state index contributed by atoms with van der Waals surface area (Å²) in [7, 11) is 0. The Kier molecular flexibility index (Phi) is 4.87. The van der Waals surface area contributed by atoms with Crippen LogP contribution in [0.3, 0.4) is 0 Å². The van der Waals surface area contributed by atoms with E-state index in [0.29, 0.717) is 0 Å². The highest BCUT2D eigenvalue weighted by Crippen LogP contribution is 2.24. The van der Waals surface area contributed by atoms with E-state index >= 15 is 0 Å². The molecule has 17 heavy (non-hydrogen) atoms. The minimum Gasteiger partial charge on any atom is -0.298 e. The second kappa shape index (κ2) is 6.19. The zero-order valence-corrected chi connectivity index (χ0v) is 12.0. The van der Waals surface area contributed by atoms with Crippen molar-refractivity contribution in [2.75, 3.05) is 26.2 Å². The van der Waals surface area contributed by atoms with Gasteiger partial charge in [0.2, 0.25) is 0 Å². The standard InChI is InChI=1S/C15H30N2/c1-13(2)7-4-5-9-16-12-15-8-6-10-17(15)11-14(16)3/h13-15H,4-12H2,1-3H3. The van der Waals surface area contributed by atoms with Crippen LogP contribution < -0.4 is 0 Å². The van der Waals surface area contributed by atoms with Crippen LogP contribution >= 0.6 is 0 Å². The molecule has 2 atom stereocenters. The Bertz CT molecular complexity index is 227. The maximum absolute atomic E-state index is 2.74. The molecule has 0 saturated carbocycles. The third kappa shape index (κ3) is 3.69. The normalized spacial score (nSPS) is 31.1. The molecule has 2 heterocycles. The van der Waals surface area contributed by atoms with Crippen molar-refractivity contribution in [1.29, 1.82) is 0 Å². The molecule has 2 saturated heterocycles. The minimum atomic E-state index is 0.781. The van der Waals surface area contributed by atoms with Gasteiger partial charge in [0.15, 0.2) is 0 Å². The summed E-state index contributed by atoms with van der Waals surface area (Å²) >= 11 is 0. The van der Waals surface area contributed by atoms with E-state index in [9.17, 15) is 0 Å². The van der Waals surface area contributed by atoms with Crippen LogP contribution in [0.5, 0.6) is 0 Å². The van der Waals surface area contributed by atoms with Crippen LogP contribution in [-0.2, 0) is 0 Å². The molecule has 2 fully saturated rings. The van der Waals surface area contributed by atoms with E-state index in [4.69, 9.17) is 0 Å². The first-order valence-electron chi connectivity index (χ1n) is 7.65. The van der Waals surface area contributed by atoms with Gasteiger partial charge in [-0.3, -0.25) is 9.80 Å². The van der Waals surface area contributed by atoms with Crippen molar-refractivity contribution >= 4 is 0 Å². The van der Waals surface area contributed by atoms with E-state index < -0.39 is 0 Å². The summed E-state index contributed by atoms with van der Waals surface area (Å²) in [4.78, 5) is 5.46. The molecular formula is C15H30N2. The third-order valence-corrected chi connectivity index (χ3v) is 4.54. The zero-order valence-electron chi connectivity index (χ0n) is 12.0. The molecule has 100 valence electrons. The molecule has 0 amide bonds. The maximum atomic E-state index is 2.74. The molecule has 2 heteroatoms. The number of hydrogen-bond acceptors (Lipinski definition) is 2. The van der Waals surface area contributed by atoms with Gasteiger partial charge >= 0.3 is 0 Å². The van der Waals surface area contributed by atoms with Crippen molar-refractivity contribution in [3.05, 3.63) is 0 Å². The number of hydrogen-bond donors (Lipinski definition) is 0. The van der Waals surface area contributed by atoms with Crippen LogP contribution in [-0.4, -0.2) is 48.1 Å². The highest BCUT2D eigenvalue weighted by molar-refractivity contribution is 4.90. The van der Waals surface area contributed by atoms with Crippen LogP contribution in [0, 0.1) is 5.92 Å². The van der Waals surface area contributed by atoms with Crippen molar-refractivity contribution in [1.82, 2.24) is 9.80 Å². The van der Waals surface area contributed by atoms with Gasteiger partial charge in [-0.25, -0.2) is 0 Å². The fourth-order valence-electron chi connectivity index (χ4n) is 3.43. The topological polar surface area (TPSA) is 6.48 Å². The average molecular weight is 238 g/mol. The smallest absolute Gasteiger partial charge is 0.0224 e. The number of nitrogens with zero attached hydrogens (tertiary/aromatic N) is 2. The van der Waals surface area contributed by atoms with Crippen molar-refractivity contribution < 1.29 is 0 Å². The van der Waals surface area contributed by atoms with Crippen molar-refractivity contribution in [3.8, 4) is 0 Å². The predicted octanol–water partition coefficient (Wildman–Crippen LogP) is 2.98. The first-order chi connectivity index (χ1) is 8.16. The van der Waals surface area contributed by atoms with Crippen molar-refractivity contribution in [3.63, 3.8) is 0 Å². The molecule has 2 aliphatic rings. The van der Waals surface area contributed by atoms with E-state index in [2.05, 4.69) is 30.6 Å². The van der Waals surface area contributed by atoms with Gasteiger partial charge in [-0.2, -0.15) is 0 Å². The lowest BCUT2D eigenvalue weighted by molar-refractivity contribution is 0.0582. The lowest BCUT2D eigenvalue weighted by Crippen LogP contribution is -2.54. The lowest BCUT2D eigenvalue weighted by Gasteiger charge is -2.42. The molecule has 0 aliphatic carbocycles. The first-order valence-corrected chi connectivity index (χ1v) is 7.65. The summed E-state index contributed by atoms with van der Waals surface area (Å²) in [6, 6.07) is 1.67. The van der Waals surface area contributed by atoms with Crippen LogP contribution in [0.2, 0.25) is 0 Å². The minimum absolute atomic E-state index is 0.781. The Morgan fingerprint density at radius 1 is 1.18 bits per heavy atom. The molecule has 2 nitrogen and oxygen atoms in total. The molecule has 2 aliphatic heterocycles. The largest absolute Gasteiger partial charge is 0.298 e. The monoisotopic (exact) mass is 238 g/mol. The number of fused-ring (bicyclic) bond motifs is 1. The Labute approximate surface area is 107 Å². The third-order valence-electron chi connectivity index (χ3n) is 4.54. The Morgan fingerprint density at radius 2 is 2.00 bits per heavy atom. The highest BCUT2D eigenvalue weighted by Gasteiger charge is 2.33. The van der Waals surface area contributed by atoms with E-state index in [1.807, 2.05) is 0 Å². The van der Waals surface area contributed by atoms with E-state index in [1.165, 1.54) is 58.3 Å². The SMILES string of the molecule is CC(C)CCCCN1CC2CCCN2CC1C. The van der Waals surface area contributed by atoms with Crippen molar-refractivity contribution in [2.45, 2.75) is 65.0 Å². The summed E-state index contributed by atoms with van der Waals surface area (Å²) in [5.41, 5.74) is 0. The lowest BCUT2D eigenvalue weighted by atomic mass is 10.0. The van der Waals surface area contributed by atoms with Crippen LogP contribution in [0.1, 0.15) is 52.9 Å². The van der Waals surface area contributed by atoms with Crippen LogP contribution in [0.4, 0.5) is 0 Å². The van der Waals surface area contributed by atoms with E-state index in [1.54, 1.807) is 0 Å². The molecule has 0 aromatic rings. The quantitative estimate of drug-likeness (QED) is 0.679. The van der Waals surface area contributed by atoms with Gasteiger partial charge in [0.05, 0.1) is 0 Å². The second-order valence-electron chi connectivity index (χ2n) is 6.52. The number of piperazine rings is 1. The molecule has 0 radical (unpaired) electrons. The fourth-order valence-corrected chi connectivity index (χ4v) is 3.43. The Hall–Kier alpha value is -0.0800. The Morgan fingerprint density at radius 3 is 2.76 bits per heavy atom. The van der Waals surface area contributed by atoms with Crippen LogP contribution in [0.15, 0.2) is 0 Å². The highest BCUT2D eigenvalue weighted by atomic mass is 15.3. The Balaban J connectivity index is 1.69. The predicted molar refractivity (Wildman–Crippen MR) is 74.3 cm³/mol. The van der Waals surface area contributed by atoms with Gasteiger partial charge in [-0.15, -0.1) is 0 Å². The van der Waals surface area contributed by atoms with Gasteiger partial charge < -0.3 is 0 Å². The number of rotatable bonds is 5. The summed E-state index contributed by atoms with van der Waals surface area (Å²) in [5, 5.41) is 0. The number of unbranched alkanes of at least 4 members (excludes halogenated alkanes) is 1. The second-order valence-corrected chi connectivity index (χ2v) is 6.52. The molecule has 2 rings (SSSR count). The van der Waals surface area contributed by atoms with Crippen LogP contribution in [0.25, 0.3) is 0 Å². The molecule has 2 unspecified atom stereocenters. The van der Waals surface area contributed by atoms with Gasteiger partial charge in [0, 0.05) is 25.2 Å². The molecule has 0 aromatic heterocycles. The molecular weight excluding hydrogens is 208 g/mol. The molecule has 0 spiro atoms. The van der Waals surface area contributed by atoms with Gasteiger partial charge in [-0.1, -0.05) is 26.7 Å². The molecule has 0 bridgehead atoms. The van der Waals surface area contributed by atoms with Gasteiger partial charge in [0.25, 0.3) is 0 Å². The fraction of sp³-hybridized carbons (Fsp3) is 1.00. The zero-order chi connectivity index (χ0) is 12.3. The van der Waals surface area contributed by atoms with Gasteiger partial charge in [0.1, 0.15) is 0 Å². The molecule has 0 aromatic carbocycles. The average Bonchev–Trinajstić information content (AvgIpc) is 2.71. The summed E-state index contributed by atoms with van der Waals surface area (Å²) in [6.45, 7) is 12.4. The maximum Gasteiger partial charge on any atom is 0.0224 e. The van der Waals surface area contributed by atoms with Crippen molar-refractivity contribution in [2.24, 2.45) is 5.92 Å². The first kappa shape index (κ1) is 13.4. The molecule has 0 N–H and O–H groups in total.